The molecular formula is C28H37NO5. The van der Waals surface area contributed by atoms with E-state index in [1.165, 1.54) is 12.2 Å². The van der Waals surface area contributed by atoms with E-state index in [1.54, 1.807) is 6.08 Å². The second kappa shape index (κ2) is 11.5. The van der Waals surface area contributed by atoms with Gasteiger partial charge in [0, 0.05) is 48.1 Å². The lowest BCUT2D eigenvalue weighted by atomic mass is 9.70. The highest BCUT2D eigenvalue weighted by Gasteiger charge is 2.43. The molecule has 6 heteroatoms. The summed E-state index contributed by atoms with van der Waals surface area (Å²) in [7, 11) is 1.99. The van der Waals surface area contributed by atoms with Gasteiger partial charge in [-0.15, -0.1) is 0 Å². The van der Waals surface area contributed by atoms with Crippen molar-refractivity contribution >= 4 is 28.4 Å². The minimum Gasteiger partial charge on any atom is -0.463 e. The van der Waals surface area contributed by atoms with Crippen molar-refractivity contribution in [2.75, 3.05) is 13.2 Å². The summed E-state index contributed by atoms with van der Waals surface area (Å²) in [6, 6.07) is 8.06. The van der Waals surface area contributed by atoms with Gasteiger partial charge in [0.2, 0.25) is 0 Å². The third-order valence-electron chi connectivity index (χ3n) is 6.69. The van der Waals surface area contributed by atoms with Crippen molar-refractivity contribution in [3.63, 3.8) is 0 Å². The maximum Gasteiger partial charge on any atom is 0.331 e. The monoisotopic (exact) mass is 467 g/mol. The van der Waals surface area contributed by atoms with Crippen molar-refractivity contribution in [2.24, 2.45) is 7.05 Å². The first-order valence-corrected chi connectivity index (χ1v) is 12.3. The van der Waals surface area contributed by atoms with Crippen molar-refractivity contribution in [1.29, 1.82) is 0 Å². The van der Waals surface area contributed by atoms with Crippen molar-refractivity contribution in [3.05, 3.63) is 53.8 Å². The van der Waals surface area contributed by atoms with Crippen LogP contribution in [0.15, 0.2) is 42.5 Å². The number of aryl methyl sites for hydroxylation is 1. The van der Waals surface area contributed by atoms with E-state index in [2.05, 4.69) is 10.6 Å². The van der Waals surface area contributed by atoms with Gasteiger partial charge >= 0.3 is 11.9 Å². The summed E-state index contributed by atoms with van der Waals surface area (Å²) < 4.78 is 12.7. The lowest BCUT2D eigenvalue weighted by molar-refractivity contribution is -0.138. The van der Waals surface area contributed by atoms with Crippen molar-refractivity contribution in [2.45, 2.75) is 70.8 Å². The fraction of sp³-hybridized carbons (Fsp3) is 0.500. The van der Waals surface area contributed by atoms with Gasteiger partial charge < -0.3 is 19.1 Å². The number of ether oxygens (including phenoxy) is 2. The molecule has 1 aliphatic carbocycles. The molecule has 34 heavy (non-hydrogen) atoms. The summed E-state index contributed by atoms with van der Waals surface area (Å²) in [5.74, 6) is -1.00. The third kappa shape index (κ3) is 5.61. The first-order chi connectivity index (χ1) is 16.3. The number of fused-ring (bicyclic) bond motifs is 3. The van der Waals surface area contributed by atoms with Gasteiger partial charge in [0.15, 0.2) is 0 Å². The van der Waals surface area contributed by atoms with Gasteiger partial charge in [0.25, 0.3) is 0 Å². The summed E-state index contributed by atoms with van der Waals surface area (Å²) in [5.41, 5.74) is 2.60. The number of carbonyl (C=O) groups is 2. The molecule has 1 heterocycles. The number of aliphatic hydroxyl groups is 1. The first kappa shape index (κ1) is 25.8. The SMILES string of the molecule is CCCCOC(=O)/C=C/C[C@@]1(O)C/C(=C\C(=O)OCCCC)c2c(c3ccccc3n2C)[C@@H]1C. The molecule has 1 aromatic carbocycles. The molecule has 184 valence electrons. The Kier molecular flexibility index (Phi) is 8.72. The van der Waals surface area contributed by atoms with Crippen molar-refractivity contribution in [1.82, 2.24) is 4.57 Å². The zero-order valence-electron chi connectivity index (χ0n) is 20.8. The molecule has 1 aromatic heterocycles. The van der Waals surface area contributed by atoms with E-state index in [0.717, 1.165) is 53.4 Å². The number of nitrogens with zero attached hydrogens (tertiary/aromatic N) is 1. The van der Waals surface area contributed by atoms with E-state index in [1.807, 2.05) is 46.0 Å². The quantitative estimate of drug-likeness (QED) is 0.286. The summed E-state index contributed by atoms with van der Waals surface area (Å²) in [5, 5.41) is 12.8. The predicted octanol–water partition coefficient (Wildman–Crippen LogP) is 5.43. The molecular weight excluding hydrogens is 430 g/mol. The topological polar surface area (TPSA) is 77.8 Å². The summed E-state index contributed by atoms with van der Waals surface area (Å²) in [4.78, 5) is 24.6. The Morgan fingerprint density at radius 3 is 2.44 bits per heavy atom. The Hall–Kier alpha value is -2.86. The van der Waals surface area contributed by atoms with Crippen LogP contribution in [0.4, 0.5) is 0 Å². The number of aromatic nitrogens is 1. The van der Waals surface area contributed by atoms with E-state index < -0.39 is 17.5 Å². The molecule has 1 aliphatic rings. The maximum absolute atomic E-state index is 12.6. The van der Waals surface area contributed by atoms with E-state index in [9.17, 15) is 14.7 Å². The Morgan fingerprint density at radius 1 is 1.12 bits per heavy atom. The van der Waals surface area contributed by atoms with E-state index in [4.69, 9.17) is 9.47 Å². The van der Waals surface area contributed by atoms with Crippen LogP contribution < -0.4 is 0 Å². The van der Waals surface area contributed by atoms with Crippen LogP contribution in [-0.2, 0) is 26.1 Å². The zero-order valence-corrected chi connectivity index (χ0v) is 20.8. The zero-order chi connectivity index (χ0) is 24.7. The summed E-state index contributed by atoms with van der Waals surface area (Å²) in [6.45, 7) is 6.87. The summed E-state index contributed by atoms with van der Waals surface area (Å²) in [6.07, 6.45) is 8.68. The normalized spacial score (nSPS) is 21.2. The molecule has 0 spiro atoms. The molecule has 0 saturated heterocycles. The van der Waals surface area contributed by atoms with Crippen LogP contribution in [0.5, 0.6) is 0 Å². The van der Waals surface area contributed by atoms with Gasteiger partial charge in [-0.25, -0.2) is 9.59 Å². The molecule has 3 rings (SSSR count). The molecule has 0 aliphatic heterocycles. The first-order valence-electron chi connectivity index (χ1n) is 12.3. The number of esters is 2. The van der Waals surface area contributed by atoms with E-state index in [-0.39, 0.29) is 18.8 Å². The largest absolute Gasteiger partial charge is 0.463 e. The number of benzene rings is 1. The van der Waals surface area contributed by atoms with Gasteiger partial charge in [-0.1, -0.05) is 57.9 Å². The lowest BCUT2D eigenvalue weighted by Crippen LogP contribution is -2.38. The standard InChI is InChI=1S/C28H37NO5/c1-5-7-16-33-24(30)14-11-15-28(32)19-21(18-25(31)34-17-8-6-2)27-26(20(28)3)22-12-9-10-13-23(22)29(27)4/h9-14,18,20,32H,5-8,15-17,19H2,1-4H3/b14-11+,21-18+/t20-,28+/m0/s1. The number of para-hydroxylation sites is 1. The number of unbranched alkanes of at least 4 members (excludes halogenated alkanes) is 2. The lowest BCUT2D eigenvalue weighted by Gasteiger charge is -2.39. The Balaban J connectivity index is 1.94. The minimum atomic E-state index is -1.16. The van der Waals surface area contributed by atoms with Gasteiger partial charge in [0.1, 0.15) is 0 Å². The number of carbonyl (C=O) groups excluding carboxylic acids is 2. The van der Waals surface area contributed by atoms with Gasteiger partial charge in [0.05, 0.1) is 18.8 Å². The molecule has 2 atom stereocenters. The van der Waals surface area contributed by atoms with Gasteiger partial charge in [-0.3, -0.25) is 0 Å². The molecule has 0 unspecified atom stereocenters. The number of hydrogen-bond acceptors (Lipinski definition) is 5. The van der Waals surface area contributed by atoms with E-state index in [0.29, 0.717) is 13.2 Å². The van der Waals surface area contributed by atoms with Crippen LogP contribution in [0.1, 0.15) is 76.5 Å². The predicted molar refractivity (Wildman–Crippen MR) is 134 cm³/mol. The molecule has 0 radical (unpaired) electrons. The van der Waals surface area contributed by atoms with Gasteiger partial charge in [-0.2, -0.15) is 0 Å². The van der Waals surface area contributed by atoms with E-state index >= 15 is 0 Å². The highest BCUT2D eigenvalue weighted by atomic mass is 16.5. The average Bonchev–Trinajstić information content (AvgIpc) is 3.11. The molecule has 0 saturated carbocycles. The second-order valence-electron chi connectivity index (χ2n) is 9.16. The third-order valence-corrected chi connectivity index (χ3v) is 6.69. The van der Waals surface area contributed by atoms with Crippen molar-refractivity contribution < 1.29 is 24.2 Å². The van der Waals surface area contributed by atoms with Gasteiger partial charge in [-0.05, 0) is 36.5 Å². The number of rotatable bonds is 10. The summed E-state index contributed by atoms with van der Waals surface area (Å²) >= 11 is 0. The highest BCUT2D eigenvalue weighted by molar-refractivity contribution is 5.97. The van der Waals surface area contributed by atoms with Crippen molar-refractivity contribution in [3.8, 4) is 0 Å². The molecule has 1 N–H and O–H groups in total. The number of hydrogen-bond donors (Lipinski definition) is 1. The Bertz CT molecular complexity index is 1080. The molecule has 0 amide bonds. The molecule has 2 aromatic rings. The van der Waals surface area contributed by atoms with Crippen LogP contribution in [-0.4, -0.2) is 40.4 Å². The molecule has 6 nitrogen and oxygen atoms in total. The fourth-order valence-corrected chi connectivity index (χ4v) is 4.68. The fourth-order valence-electron chi connectivity index (χ4n) is 4.68. The maximum atomic E-state index is 12.6. The minimum absolute atomic E-state index is 0.206. The second-order valence-corrected chi connectivity index (χ2v) is 9.16. The van der Waals surface area contributed by atoms with Crippen LogP contribution in [0.3, 0.4) is 0 Å². The average molecular weight is 468 g/mol. The smallest absolute Gasteiger partial charge is 0.331 e. The van der Waals surface area contributed by atoms with Crippen LogP contribution in [0.2, 0.25) is 0 Å². The Morgan fingerprint density at radius 2 is 1.76 bits per heavy atom. The Labute approximate surface area is 202 Å². The van der Waals surface area contributed by atoms with Crippen LogP contribution >= 0.6 is 0 Å². The molecule has 0 bridgehead atoms. The molecule has 0 fully saturated rings. The highest BCUT2D eigenvalue weighted by Crippen LogP contribution is 2.49. The van der Waals surface area contributed by atoms with Crippen LogP contribution in [0, 0.1) is 0 Å². The van der Waals surface area contributed by atoms with Crippen LogP contribution in [0.25, 0.3) is 16.5 Å².